The Kier molecular flexibility index (Phi) is 6.75. The Balaban J connectivity index is 2.25. The topological polar surface area (TPSA) is 86.2 Å². The lowest BCUT2D eigenvalue weighted by Crippen LogP contribution is -2.43. The largest absolute Gasteiger partial charge is 0.322 e. The molecule has 25 heavy (non-hydrogen) atoms. The molecular formula is C16H20Cl4N2O2S. The highest BCUT2D eigenvalue weighted by atomic mass is 35.5. The fourth-order valence-corrected chi connectivity index (χ4v) is 5.89. The van der Waals surface area contributed by atoms with Crippen molar-refractivity contribution >= 4 is 56.2 Å². The molecule has 2 aliphatic carbocycles. The first kappa shape index (κ1) is 21.3. The Hall–Kier alpha value is -0.0100. The average Bonchev–Trinajstić information content (AvgIpc) is 2.44. The minimum Gasteiger partial charge on any atom is -0.322 e. The third-order valence-electron chi connectivity index (χ3n) is 4.19. The van der Waals surface area contributed by atoms with Crippen molar-refractivity contribution in [1.82, 2.24) is 0 Å². The predicted molar refractivity (Wildman–Crippen MR) is 107 cm³/mol. The Bertz CT molecular complexity index is 687. The first-order valence-corrected chi connectivity index (χ1v) is 10.8. The van der Waals surface area contributed by atoms with E-state index in [0.717, 1.165) is 0 Å². The number of sulfone groups is 1. The van der Waals surface area contributed by atoms with Gasteiger partial charge < -0.3 is 11.5 Å². The van der Waals surface area contributed by atoms with Gasteiger partial charge >= 0.3 is 0 Å². The Morgan fingerprint density at radius 1 is 0.880 bits per heavy atom. The number of hydrogen-bond donors (Lipinski definition) is 2. The molecule has 2 aliphatic rings. The van der Waals surface area contributed by atoms with E-state index in [1.165, 1.54) is 0 Å². The van der Waals surface area contributed by atoms with Crippen LogP contribution in [-0.4, -0.2) is 29.2 Å². The van der Waals surface area contributed by atoms with Gasteiger partial charge in [0.05, 0.1) is 9.81 Å². The minimum atomic E-state index is -3.71. The molecule has 0 spiro atoms. The van der Waals surface area contributed by atoms with Gasteiger partial charge in [0.2, 0.25) is 0 Å². The van der Waals surface area contributed by atoms with Gasteiger partial charge in [-0.15, -0.1) is 46.4 Å². The number of alkyl halides is 4. The van der Waals surface area contributed by atoms with Crippen LogP contribution in [0, 0.1) is 0 Å². The van der Waals surface area contributed by atoms with Crippen LogP contribution < -0.4 is 11.5 Å². The van der Waals surface area contributed by atoms with Crippen molar-refractivity contribution in [3.8, 4) is 0 Å². The van der Waals surface area contributed by atoms with Crippen molar-refractivity contribution in [1.29, 1.82) is 0 Å². The fourth-order valence-electron chi connectivity index (χ4n) is 2.97. The summed E-state index contributed by atoms with van der Waals surface area (Å²) in [4.78, 5) is -0.948. The molecule has 0 aromatic carbocycles. The number of halogens is 4. The van der Waals surface area contributed by atoms with Gasteiger partial charge in [-0.2, -0.15) is 0 Å². The van der Waals surface area contributed by atoms with Crippen LogP contribution in [0.2, 0.25) is 0 Å². The molecule has 0 bridgehead atoms. The first-order chi connectivity index (χ1) is 11.5. The Morgan fingerprint density at radius 3 is 1.56 bits per heavy atom. The van der Waals surface area contributed by atoms with E-state index in [2.05, 4.69) is 0 Å². The van der Waals surface area contributed by atoms with Gasteiger partial charge in [-0.1, -0.05) is 24.3 Å². The predicted octanol–water partition coefficient (Wildman–Crippen LogP) is 3.87. The van der Waals surface area contributed by atoms with Crippen molar-refractivity contribution < 1.29 is 8.42 Å². The van der Waals surface area contributed by atoms with Crippen LogP contribution in [0.25, 0.3) is 0 Å². The molecule has 140 valence electrons. The van der Waals surface area contributed by atoms with Crippen LogP contribution >= 0.6 is 46.4 Å². The van der Waals surface area contributed by atoms with E-state index in [1.807, 2.05) is 0 Å². The molecule has 0 saturated carbocycles. The summed E-state index contributed by atoms with van der Waals surface area (Å²) in [7, 11) is -3.71. The highest BCUT2D eigenvalue weighted by Gasteiger charge is 2.37. The summed E-state index contributed by atoms with van der Waals surface area (Å²) in [5.74, 6) is 0. The summed E-state index contributed by atoms with van der Waals surface area (Å²) in [6.07, 6.45) is 10.5. The highest BCUT2D eigenvalue weighted by molar-refractivity contribution is 7.99. The molecule has 2 atom stereocenters. The van der Waals surface area contributed by atoms with Gasteiger partial charge in [0, 0.05) is 23.9 Å². The van der Waals surface area contributed by atoms with Gasteiger partial charge in [-0.25, -0.2) is 8.42 Å². The monoisotopic (exact) mass is 444 g/mol. The molecule has 0 aromatic rings. The zero-order valence-corrected chi connectivity index (χ0v) is 17.2. The SMILES string of the molecule is NC1(CC(Cl)Cl)C=CC=C(S(=O)(=O)C2=CC=CC(N)(CC(Cl)Cl)C2)C1. The zero-order valence-electron chi connectivity index (χ0n) is 13.3. The van der Waals surface area contributed by atoms with Crippen molar-refractivity contribution in [2.24, 2.45) is 11.5 Å². The maximum atomic E-state index is 13.0. The number of allylic oxidation sites excluding steroid dienone is 4. The standard InChI is InChI=1S/C16H20Cl4N2O2S/c17-13(18)9-15(21)5-1-3-11(7-15)25(23,24)12-4-2-6-16(22,8-12)10-14(19)20/h1-6,13-14H,7-10,21-22H2. The second-order valence-corrected chi connectivity index (χ2v) is 11.1. The van der Waals surface area contributed by atoms with Crippen molar-refractivity contribution in [2.75, 3.05) is 0 Å². The van der Waals surface area contributed by atoms with E-state index in [0.29, 0.717) is 0 Å². The molecule has 2 unspecified atom stereocenters. The Morgan fingerprint density at radius 2 is 1.24 bits per heavy atom. The normalized spacial score (nSPS) is 29.9. The number of rotatable bonds is 6. The molecule has 9 heteroatoms. The molecule has 4 N–H and O–H groups in total. The number of nitrogens with two attached hydrogens (primary N) is 2. The highest BCUT2D eigenvalue weighted by Crippen LogP contribution is 2.37. The smallest absolute Gasteiger partial charge is 0.199 e. The zero-order chi connectivity index (χ0) is 18.9. The third-order valence-corrected chi connectivity index (χ3v) is 6.75. The molecule has 0 heterocycles. The average molecular weight is 446 g/mol. The molecule has 0 amide bonds. The van der Waals surface area contributed by atoms with Gasteiger partial charge in [0.15, 0.2) is 9.84 Å². The molecule has 0 aromatic heterocycles. The molecule has 0 radical (unpaired) electrons. The van der Waals surface area contributed by atoms with Crippen LogP contribution in [0.4, 0.5) is 0 Å². The maximum Gasteiger partial charge on any atom is 0.199 e. The van der Waals surface area contributed by atoms with Crippen molar-refractivity contribution in [2.45, 2.75) is 46.4 Å². The lowest BCUT2D eigenvalue weighted by Gasteiger charge is -2.33. The second kappa shape index (κ2) is 7.93. The van der Waals surface area contributed by atoms with Crippen molar-refractivity contribution in [3.05, 3.63) is 46.3 Å². The molecule has 2 rings (SSSR count). The van der Waals surface area contributed by atoms with Gasteiger partial charge in [-0.3, -0.25) is 0 Å². The number of hydrogen-bond acceptors (Lipinski definition) is 4. The Labute approximate surface area is 168 Å². The summed E-state index contributed by atoms with van der Waals surface area (Å²) in [5.41, 5.74) is 10.7. The minimum absolute atomic E-state index is 0.119. The summed E-state index contributed by atoms with van der Waals surface area (Å²) in [5, 5.41) is 0. The van der Waals surface area contributed by atoms with Crippen molar-refractivity contribution in [3.63, 3.8) is 0 Å². The van der Waals surface area contributed by atoms with E-state index >= 15 is 0 Å². The molecule has 0 aliphatic heterocycles. The van der Waals surface area contributed by atoms with E-state index in [1.54, 1.807) is 36.5 Å². The van der Waals surface area contributed by atoms with Gasteiger partial charge in [0.25, 0.3) is 0 Å². The summed E-state index contributed by atoms with van der Waals surface area (Å²) >= 11 is 23.3. The first-order valence-electron chi connectivity index (χ1n) is 7.62. The molecule has 0 fully saturated rings. The van der Waals surface area contributed by atoms with Crippen LogP contribution in [0.15, 0.2) is 46.3 Å². The van der Waals surface area contributed by atoms with E-state index in [-0.39, 0.29) is 35.5 Å². The van der Waals surface area contributed by atoms with Gasteiger partial charge in [-0.05, 0) is 25.0 Å². The summed E-state index contributed by atoms with van der Waals surface area (Å²) in [6, 6.07) is 0. The van der Waals surface area contributed by atoms with E-state index in [4.69, 9.17) is 57.9 Å². The second-order valence-electron chi connectivity index (χ2n) is 6.50. The van der Waals surface area contributed by atoms with Gasteiger partial charge in [0.1, 0.15) is 9.67 Å². The molecular weight excluding hydrogens is 426 g/mol. The molecule has 0 saturated heterocycles. The molecule has 4 nitrogen and oxygen atoms in total. The van der Waals surface area contributed by atoms with Crippen LogP contribution in [0.3, 0.4) is 0 Å². The van der Waals surface area contributed by atoms with E-state index in [9.17, 15) is 8.42 Å². The van der Waals surface area contributed by atoms with Crippen LogP contribution in [0.5, 0.6) is 0 Å². The lowest BCUT2D eigenvalue weighted by atomic mass is 9.89. The summed E-state index contributed by atoms with van der Waals surface area (Å²) < 4.78 is 26.1. The lowest BCUT2D eigenvalue weighted by molar-refractivity contribution is 0.490. The van der Waals surface area contributed by atoms with Crippen LogP contribution in [0.1, 0.15) is 25.7 Å². The summed E-state index contributed by atoms with van der Waals surface area (Å²) in [6.45, 7) is 0. The maximum absolute atomic E-state index is 13.0. The fraction of sp³-hybridized carbons (Fsp3) is 0.500. The third kappa shape index (κ3) is 5.48. The quantitative estimate of drug-likeness (QED) is 0.607. The van der Waals surface area contributed by atoms with Crippen LogP contribution in [-0.2, 0) is 9.84 Å². The van der Waals surface area contributed by atoms with E-state index < -0.39 is 30.6 Å².